The predicted molar refractivity (Wildman–Crippen MR) is 107 cm³/mol. The molecule has 4 aromatic heterocycles. The molecule has 0 aliphatic rings. The van der Waals surface area contributed by atoms with Crippen LogP contribution in [-0.4, -0.2) is 20.9 Å². The molecule has 0 bridgehead atoms. The number of aryl methyl sites for hydroxylation is 1. The summed E-state index contributed by atoms with van der Waals surface area (Å²) < 4.78 is 5.30. The van der Waals surface area contributed by atoms with Crippen LogP contribution in [0.5, 0.6) is 0 Å². The Bertz CT molecular complexity index is 1060. The third kappa shape index (κ3) is 4.39. The molecule has 0 radical (unpaired) electrons. The van der Waals surface area contributed by atoms with Gasteiger partial charge in [-0.2, -0.15) is 0 Å². The topological polar surface area (TPSA) is 92.9 Å². The molecule has 0 aliphatic heterocycles. The molecule has 0 saturated carbocycles. The van der Waals surface area contributed by atoms with Crippen LogP contribution >= 0.6 is 22.7 Å². The van der Waals surface area contributed by atoms with Gasteiger partial charge in [0.25, 0.3) is 0 Å². The molecule has 4 aromatic rings. The largest absolute Gasteiger partial charge is 0.463 e. The Labute approximate surface area is 163 Å². The van der Waals surface area contributed by atoms with Crippen molar-refractivity contribution in [2.45, 2.75) is 13.3 Å². The van der Waals surface area contributed by atoms with Gasteiger partial charge in [-0.15, -0.1) is 22.7 Å². The zero-order valence-electron chi connectivity index (χ0n) is 14.3. The number of carbonyl (C=O) groups excluding carboxylic acids is 1. The molecule has 4 heterocycles. The smallest absolute Gasteiger partial charge is 0.232 e. The summed E-state index contributed by atoms with van der Waals surface area (Å²) in [4.78, 5) is 25.3. The summed E-state index contributed by atoms with van der Waals surface area (Å²) in [6.45, 7) is 2.00. The quantitative estimate of drug-likeness (QED) is 0.498. The molecule has 0 saturated heterocycles. The van der Waals surface area contributed by atoms with Gasteiger partial charge in [0.2, 0.25) is 5.91 Å². The van der Waals surface area contributed by atoms with Crippen LogP contribution in [0, 0.1) is 6.92 Å². The average molecular weight is 397 g/mol. The highest BCUT2D eigenvalue weighted by Crippen LogP contribution is 2.25. The first-order valence-electron chi connectivity index (χ1n) is 8.09. The molecule has 0 spiro atoms. The fraction of sp³-hybridized carbons (Fsp3) is 0.111. The SMILES string of the molecule is Cc1ccnc(Nc2nc(CC(=O)Nc3nc(-c4ccco4)cs3)cs2)c1. The van der Waals surface area contributed by atoms with Crippen molar-refractivity contribution in [1.29, 1.82) is 0 Å². The molecule has 0 atom stereocenters. The van der Waals surface area contributed by atoms with Crippen LogP contribution in [0.1, 0.15) is 11.3 Å². The number of hydrogen-bond acceptors (Lipinski definition) is 8. The zero-order valence-corrected chi connectivity index (χ0v) is 15.9. The van der Waals surface area contributed by atoms with Crippen molar-refractivity contribution in [2.75, 3.05) is 10.6 Å². The molecule has 0 unspecified atom stereocenters. The van der Waals surface area contributed by atoms with Crippen LogP contribution < -0.4 is 10.6 Å². The van der Waals surface area contributed by atoms with E-state index in [0.29, 0.717) is 27.4 Å². The number of furan rings is 1. The Kier molecular flexibility index (Phi) is 4.95. The number of carbonyl (C=O) groups is 1. The van der Waals surface area contributed by atoms with Gasteiger partial charge in [0.05, 0.1) is 18.4 Å². The van der Waals surface area contributed by atoms with E-state index in [1.54, 1.807) is 18.5 Å². The Hall–Kier alpha value is -3.04. The summed E-state index contributed by atoms with van der Waals surface area (Å²) in [5, 5.41) is 10.9. The van der Waals surface area contributed by atoms with E-state index in [-0.39, 0.29) is 12.3 Å². The van der Waals surface area contributed by atoms with E-state index in [4.69, 9.17) is 4.42 Å². The Balaban J connectivity index is 1.35. The number of anilines is 3. The minimum Gasteiger partial charge on any atom is -0.463 e. The van der Waals surface area contributed by atoms with Gasteiger partial charge < -0.3 is 15.1 Å². The Morgan fingerprint density at radius 1 is 1.19 bits per heavy atom. The third-order valence-corrected chi connectivity index (χ3v) is 5.13. The molecule has 0 fully saturated rings. The van der Waals surface area contributed by atoms with E-state index in [1.165, 1.54) is 22.7 Å². The van der Waals surface area contributed by atoms with Crippen molar-refractivity contribution < 1.29 is 9.21 Å². The molecular weight excluding hydrogens is 382 g/mol. The van der Waals surface area contributed by atoms with E-state index in [0.717, 1.165) is 11.4 Å². The lowest BCUT2D eigenvalue weighted by atomic mass is 10.3. The molecule has 2 N–H and O–H groups in total. The maximum absolute atomic E-state index is 12.3. The summed E-state index contributed by atoms with van der Waals surface area (Å²) >= 11 is 2.79. The van der Waals surface area contributed by atoms with Crippen LogP contribution in [-0.2, 0) is 11.2 Å². The second kappa shape index (κ2) is 7.68. The number of thiazole rings is 2. The van der Waals surface area contributed by atoms with Crippen LogP contribution in [0.2, 0.25) is 0 Å². The molecule has 0 aliphatic carbocycles. The summed E-state index contributed by atoms with van der Waals surface area (Å²) in [6, 6.07) is 7.49. The van der Waals surface area contributed by atoms with E-state index < -0.39 is 0 Å². The highest BCUT2D eigenvalue weighted by Gasteiger charge is 2.12. The van der Waals surface area contributed by atoms with Crippen molar-refractivity contribution in [3.05, 3.63) is 58.7 Å². The normalized spacial score (nSPS) is 10.7. The highest BCUT2D eigenvalue weighted by atomic mass is 32.1. The van der Waals surface area contributed by atoms with Crippen LogP contribution in [0.3, 0.4) is 0 Å². The molecular formula is C18H15N5O2S2. The summed E-state index contributed by atoms with van der Waals surface area (Å²) in [5.74, 6) is 1.24. The third-order valence-electron chi connectivity index (χ3n) is 3.57. The number of pyridine rings is 1. The first-order valence-corrected chi connectivity index (χ1v) is 9.85. The maximum atomic E-state index is 12.3. The van der Waals surface area contributed by atoms with Gasteiger partial charge in [0.15, 0.2) is 16.0 Å². The fourth-order valence-electron chi connectivity index (χ4n) is 2.36. The van der Waals surface area contributed by atoms with Gasteiger partial charge >= 0.3 is 0 Å². The monoisotopic (exact) mass is 397 g/mol. The van der Waals surface area contributed by atoms with Gasteiger partial charge in [-0.05, 0) is 36.8 Å². The lowest BCUT2D eigenvalue weighted by molar-refractivity contribution is -0.115. The van der Waals surface area contributed by atoms with E-state index >= 15 is 0 Å². The number of nitrogens with one attached hydrogen (secondary N) is 2. The lowest BCUT2D eigenvalue weighted by Crippen LogP contribution is -2.14. The Morgan fingerprint density at radius 3 is 2.89 bits per heavy atom. The average Bonchev–Trinajstić information content (AvgIpc) is 3.36. The van der Waals surface area contributed by atoms with Crippen molar-refractivity contribution >= 4 is 44.7 Å². The lowest BCUT2D eigenvalue weighted by Gasteiger charge is -2.02. The first kappa shape index (κ1) is 17.4. The molecule has 0 aromatic carbocycles. The van der Waals surface area contributed by atoms with Crippen LogP contribution in [0.15, 0.2) is 51.9 Å². The number of aromatic nitrogens is 3. The predicted octanol–water partition coefficient (Wildman–Crippen LogP) is 4.49. The minimum absolute atomic E-state index is 0.166. The molecule has 4 rings (SSSR count). The molecule has 1 amide bonds. The minimum atomic E-state index is -0.166. The molecule has 9 heteroatoms. The van der Waals surface area contributed by atoms with Crippen molar-refractivity contribution in [1.82, 2.24) is 15.0 Å². The van der Waals surface area contributed by atoms with E-state index in [2.05, 4.69) is 25.6 Å². The van der Waals surface area contributed by atoms with E-state index in [9.17, 15) is 4.79 Å². The summed E-state index contributed by atoms with van der Waals surface area (Å²) in [6.07, 6.45) is 3.51. The van der Waals surface area contributed by atoms with Gasteiger partial charge in [-0.25, -0.2) is 15.0 Å². The second-order valence-corrected chi connectivity index (χ2v) is 7.44. The number of hydrogen-bond donors (Lipinski definition) is 2. The molecule has 27 heavy (non-hydrogen) atoms. The molecule has 7 nitrogen and oxygen atoms in total. The number of nitrogens with zero attached hydrogens (tertiary/aromatic N) is 3. The van der Waals surface area contributed by atoms with Gasteiger partial charge in [-0.1, -0.05) is 0 Å². The van der Waals surface area contributed by atoms with Crippen LogP contribution in [0.25, 0.3) is 11.5 Å². The van der Waals surface area contributed by atoms with Crippen molar-refractivity contribution in [2.24, 2.45) is 0 Å². The summed E-state index contributed by atoms with van der Waals surface area (Å²) in [7, 11) is 0. The van der Waals surface area contributed by atoms with Crippen LogP contribution in [0.4, 0.5) is 16.1 Å². The Morgan fingerprint density at radius 2 is 2.07 bits per heavy atom. The standard InChI is InChI=1S/C18H15N5O2S2/c1-11-4-5-19-15(7-11)22-17-20-12(9-26-17)8-16(24)23-18-21-13(10-27-18)14-3-2-6-25-14/h2-7,9-10H,8H2,1H3,(H,19,20,22)(H,21,23,24). The first-order chi connectivity index (χ1) is 13.2. The fourth-order valence-corrected chi connectivity index (χ4v) is 3.79. The molecule has 136 valence electrons. The number of amides is 1. The zero-order chi connectivity index (χ0) is 18.6. The van der Waals surface area contributed by atoms with Gasteiger partial charge in [0, 0.05) is 17.0 Å². The number of rotatable bonds is 6. The van der Waals surface area contributed by atoms with Gasteiger partial charge in [-0.3, -0.25) is 4.79 Å². The second-order valence-electron chi connectivity index (χ2n) is 5.73. The highest BCUT2D eigenvalue weighted by molar-refractivity contribution is 7.14. The summed E-state index contributed by atoms with van der Waals surface area (Å²) in [5.41, 5.74) is 2.50. The van der Waals surface area contributed by atoms with Crippen molar-refractivity contribution in [3.63, 3.8) is 0 Å². The van der Waals surface area contributed by atoms with Crippen molar-refractivity contribution in [3.8, 4) is 11.5 Å². The van der Waals surface area contributed by atoms with Gasteiger partial charge in [0.1, 0.15) is 11.5 Å². The van der Waals surface area contributed by atoms with E-state index in [1.807, 2.05) is 35.9 Å². The maximum Gasteiger partial charge on any atom is 0.232 e.